The van der Waals surface area contributed by atoms with E-state index in [1.54, 1.807) is 55.6 Å². The van der Waals surface area contributed by atoms with Gasteiger partial charge in [0.25, 0.3) is 5.97 Å². The van der Waals surface area contributed by atoms with Crippen molar-refractivity contribution in [3.05, 3.63) is 82.5 Å². The van der Waals surface area contributed by atoms with Gasteiger partial charge >= 0.3 is 17.8 Å². The Labute approximate surface area is 247 Å². The lowest BCUT2D eigenvalue weighted by Crippen LogP contribution is -2.46. The summed E-state index contributed by atoms with van der Waals surface area (Å²) in [6, 6.07) is 12.9. The highest BCUT2D eigenvalue weighted by atomic mass is 16.5. The number of carboxylic acid groups (broad SMARTS) is 2. The van der Waals surface area contributed by atoms with Crippen molar-refractivity contribution in [3.8, 4) is 0 Å². The molecule has 3 aromatic rings. The molecule has 0 spiro atoms. The van der Waals surface area contributed by atoms with Gasteiger partial charge in [0.2, 0.25) is 5.91 Å². The smallest absolute Gasteiger partial charge is 0.408 e. The second-order valence-corrected chi connectivity index (χ2v) is 9.76. The monoisotopic (exact) mass is 594 g/mol. The number of nitrogens with one attached hydrogen (secondary N) is 2. The summed E-state index contributed by atoms with van der Waals surface area (Å²) in [4.78, 5) is 68.6. The first-order valence-corrected chi connectivity index (χ1v) is 13.5. The van der Waals surface area contributed by atoms with E-state index in [9.17, 15) is 24.3 Å². The van der Waals surface area contributed by atoms with Crippen LogP contribution in [0.2, 0.25) is 0 Å². The first kappa shape index (κ1) is 32.2. The molecule has 228 valence electrons. The molecule has 0 bridgehead atoms. The lowest BCUT2D eigenvalue weighted by atomic mass is 9.95. The molecule has 0 radical (unpaired) electrons. The number of hydrogen-bond acceptors (Lipinski definition) is 9. The van der Waals surface area contributed by atoms with Crippen LogP contribution < -0.4 is 21.2 Å². The van der Waals surface area contributed by atoms with E-state index in [4.69, 9.17) is 14.6 Å². The first-order valence-electron chi connectivity index (χ1n) is 13.5. The van der Waals surface area contributed by atoms with Gasteiger partial charge in [-0.25, -0.2) is 19.4 Å². The van der Waals surface area contributed by atoms with Gasteiger partial charge in [0.15, 0.2) is 0 Å². The zero-order valence-corrected chi connectivity index (χ0v) is 23.8. The summed E-state index contributed by atoms with van der Waals surface area (Å²) in [5.74, 6) is -1.44. The maximum absolute atomic E-state index is 12.8. The van der Waals surface area contributed by atoms with Crippen molar-refractivity contribution in [2.45, 2.75) is 45.9 Å². The third kappa shape index (κ3) is 10.3. The van der Waals surface area contributed by atoms with Crippen molar-refractivity contribution < 1.29 is 34.1 Å². The van der Waals surface area contributed by atoms with Crippen LogP contribution in [0.25, 0.3) is 0 Å². The van der Waals surface area contributed by atoms with Gasteiger partial charge in [0.1, 0.15) is 24.3 Å². The topological polar surface area (TPSA) is 193 Å². The molecule has 2 aromatic heterocycles. The number of aliphatic carboxylic acids is 2. The Kier molecular flexibility index (Phi) is 11.7. The average Bonchev–Trinajstić information content (AvgIpc) is 2.98. The summed E-state index contributed by atoms with van der Waals surface area (Å²) in [6.45, 7) is 3.58. The summed E-state index contributed by atoms with van der Waals surface area (Å²) in [5, 5.41) is 22.1. The Hall–Kier alpha value is -5.27. The highest BCUT2D eigenvalue weighted by Crippen LogP contribution is 2.24. The quantitative estimate of drug-likeness (QED) is 0.284. The van der Waals surface area contributed by atoms with E-state index in [0.29, 0.717) is 43.1 Å². The highest BCUT2D eigenvalue weighted by Gasteiger charge is 2.28. The molecule has 1 atom stereocenters. The molecule has 0 aliphatic carbocycles. The number of amides is 2. The van der Waals surface area contributed by atoms with Crippen molar-refractivity contribution in [1.82, 2.24) is 19.9 Å². The summed E-state index contributed by atoms with van der Waals surface area (Å²) in [6.07, 6.45) is 3.40. The van der Waals surface area contributed by atoms with Crippen LogP contribution in [-0.4, -0.2) is 67.8 Å². The van der Waals surface area contributed by atoms with Gasteiger partial charge in [-0.15, -0.1) is 0 Å². The van der Waals surface area contributed by atoms with E-state index in [1.165, 1.54) is 6.20 Å². The Morgan fingerprint density at radius 2 is 1.70 bits per heavy atom. The molecule has 0 unspecified atom stereocenters. The van der Waals surface area contributed by atoms with Crippen molar-refractivity contribution in [2.75, 3.05) is 23.3 Å². The number of rotatable bonds is 9. The molecule has 1 aliphatic rings. The van der Waals surface area contributed by atoms with Crippen molar-refractivity contribution >= 4 is 35.6 Å². The number of nitrogens with zero attached hydrogens (tertiary/aromatic N) is 4. The minimum absolute atomic E-state index is 0.0180. The number of pyridine rings is 1. The Morgan fingerprint density at radius 1 is 1.05 bits per heavy atom. The van der Waals surface area contributed by atoms with Gasteiger partial charge in [-0.3, -0.25) is 14.2 Å². The van der Waals surface area contributed by atoms with Crippen LogP contribution in [-0.2, 0) is 32.3 Å². The fraction of sp³-hybridized carbons (Fsp3) is 0.345. The standard InChI is InChI=1S/C27H30N6O6.C2H4O2/c1-18-15-33(16-21(25(35)36)29-27(38)39-17-19-7-3-2-4-8-19)26(37)31-23(18)32-13-10-20(11-14-32)24(34)30-22-9-5-6-12-28-22;1-2(3)4/h2-9,12,15,20-21H,10-11,13-14,16-17H2,1H3,(H,29,38)(H,35,36)(H,28,30,34);1H3,(H,3,4)/t21-;/m0./s1. The molecule has 14 nitrogen and oxygen atoms in total. The highest BCUT2D eigenvalue weighted by molar-refractivity contribution is 5.91. The molecule has 1 aliphatic heterocycles. The third-order valence-corrected chi connectivity index (χ3v) is 6.41. The number of alkyl carbamates (subject to hydrolysis) is 1. The first-order chi connectivity index (χ1) is 20.5. The minimum atomic E-state index is -1.40. The molecular formula is C29H34N6O8. The van der Waals surface area contributed by atoms with Gasteiger partial charge in [0, 0.05) is 43.9 Å². The number of benzene rings is 1. The van der Waals surface area contributed by atoms with Gasteiger partial charge in [0.05, 0.1) is 6.54 Å². The van der Waals surface area contributed by atoms with Gasteiger partial charge < -0.3 is 30.5 Å². The van der Waals surface area contributed by atoms with Crippen LogP contribution >= 0.6 is 0 Å². The summed E-state index contributed by atoms with van der Waals surface area (Å²) in [7, 11) is 0. The Balaban J connectivity index is 0.00000119. The fourth-order valence-electron chi connectivity index (χ4n) is 4.35. The summed E-state index contributed by atoms with van der Waals surface area (Å²) < 4.78 is 6.26. The predicted molar refractivity (Wildman–Crippen MR) is 156 cm³/mol. The van der Waals surface area contributed by atoms with E-state index in [2.05, 4.69) is 20.6 Å². The SMILES string of the molecule is CC(=O)O.Cc1cn(C[C@H](NC(=O)OCc2ccccc2)C(=O)O)c(=O)nc1N1CCC(C(=O)Nc2ccccn2)CC1. The Bertz CT molecular complexity index is 1450. The largest absolute Gasteiger partial charge is 0.481 e. The summed E-state index contributed by atoms with van der Waals surface area (Å²) in [5.41, 5.74) is 0.780. The lowest BCUT2D eigenvalue weighted by molar-refractivity contribution is -0.139. The molecule has 0 saturated carbocycles. The lowest BCUT2D eigenvalue weighted by Gasteiger charge is -2.33. The van der Waals surface area contributed by atoms with Crippen LogP contribution in [0.15, 0.2) is 65.7 Å². The number of hydrogen-bond donors (Lipinski definition) is 4. The molecule has 1 aromatic carbocycles. The van der Waals surface area contributed by atoms with E-state index in [0.717, 1.165) is 17.1 Å². The molecule has 3 heterocycles. The molecular weight excluding hydrogens is 560 g/mol. The number of aryl methyl sites for hydroxylation is 1. The normalized spacial score (nSPS) is 13.6. The van der Waals surface area contributed by atoms with Crippen molar-refractivity contribution in [2.24, 2.45) is 5.92 Å². The van der Waals surface area contributed by atoms with Crippen LogP contribution in [0.3, 0.4) is 0 Å². The molecule has 43 heavy (non-hydrogen) atoms. The number of anilines is 2. The number of carbonyl (C=O) groups is 4. The van der Waals surface area contributed by atoms with E-state index in [-0.39, 0.29) is 25.0 Å². The number of carboxylic acids is 2. The predicted octanol–water partition coefficient (Wildman–Crippen LogP) is 2.27. The van der Waals surface area contributed by atoms with E-state index >= 15 is 0 Å². The fourth-order valence-corrected chi connectivity index (χ4v) is 4.35. The minimum Gasteiger partial charge on any atom is -0.481 e. The van der Waals surface area contributed by atoms with Crippen LogP contribution in [0.1, 0.15) is 30.9 Å². The number of ether oxygens (including phenoxy) is 1. The molecule has 1 fully saturated rings. The van der Waals surface area contributed by atoms with Crippen LogP contribution in [0.4, 0.5) is 16.4 Å². The van der Waals surface area contributed by atoms with E-state index in [1.807, 2.05) is 11.0 Å². The van der Waals surface area contributed by atoms with Gasteiger partial charge in [-0.1, -0.05) is 36.4 Å². The number of carbonyl (C=O) groups excluding carboxylic acids is 2. The zero-order valence-electron chi connectivity index (χ0n) is 23.8. The molecule has 2 amide bonds. The van der Waals surface area contributed by atoms with Crippen molar-refractivity contribution in [1.29, 1.82) is 0 Å². The second-order valence-electron chi connectivity index (χ2n) is 9.76. The molecule has 14 heteroatoms. The van der Waals surface area contributed by atoms with Gasteiger partial charge in [-0.05, 0) is 37.5 Å². The molecule has 4 N–H and O–H groups in total. The maximum atomic E-state index is 12.8. The maximum Gasteiger partial charge on any atom is 0.408 e. The van der Waals surface area contributed by atoms with Crippen LogP contribution in [0.5, 0.6) is 0 Å². The molecule has 4 rings (SSSR count). The number of aromatic nitrogens is 3. The summed E-state index contributed by atoms with van der Waals surface area (Å²) >= 11 is 0. The third-order valence-electron chi connectivity index (χ3n) is 6.41. The second kappa shape index (κ2) is 15.7. The molecule has 1 saturated heterocycles. The Morgan fingerprint density at radius 3 is 2.30 bits per heavy atom. The van der Waals surface area contributed by atoms with Crippen molar-refractivity contribution in [3.63, 3.8) is 0 Å². The average molecular weight is 595 g/mol. The van der Waals surface area contributed by atoms with E-state index < -0.39 is 29.8 Å². The van der Waals surface area contributed by atoms with Gasteiger partial charge in [-0.2, -0.15) is 4.98 Å². The number of piperidine rings is 1. The zero-order chi connectivity index (χ0) is 31.4. The van der Waals surface area contributed by atoms with Crippen LogP contribution in [0, 0.1) is 12.8 Å².